The zero-order valence-electron chi connectivity index (χ0n) is 18.1. The van der Waals surface area contributed by atoms with Gasteiger partial charge in [-0.3, -0.25) is 4.40 Å². The van der Waals surface area contributed by atoms with E-state index in [4.69, 9.17) is 4.74 Å². The molecule has 0 amide bonds. The van der Waals surface area contributed by atoms with Crippen LogP contribution in [-0.2, 0) is 4.74 Å². The first kappa shape index (κ1) is 22.0. The Morgan fingerprint density at radius 3 is 2.75 bits per heavy atom. The van der Waals surface area contributed by atoms with Gasteiger partial charge in [0.2, 0.25) is 0 Å². The van der Waals surface area contributed by atoms with E-state index < -0.39 is 6.43 Å². The molecule has 12 heteroatoms. The van der Waals surface area contributed by atoms with E-state index in [2.05, 4.69) is 57.0 Å². The molecule has 0 spiro atoms. The summed E-state index contributed by atoms with van der Waals surface area (Å²) in [6.45, 7) is 10.4. The molecule has 2 aliphatic rings. The minimum atomic E-state index is -2.65. The van der Waals surface area contributed by atoms with Crippen molar-refractivity contribution >= 4 is 34.5 Å². The smallest absolute Gasteiger partial charge is 0.291 e. The van der Waals surface area contributed by atoms with Crippen LogP contribution in [0.4, 0.5) is 14.5 Å². The Balaban J connectivity index is 1.56. The second-order valence-electron chi connectivity index (χ2n) is 9.13. The minimum Gasteiger partial charge on any atom is -0.377 e. The summed E-state index contributed by atoms with van der Waals surface area (Å²) >= 11 is 2.41. The van der Waals surface area contributed by atoms with Crippen LogP contribution < -0.4 is 14.9 Å². The van der Waals surface area contributed by atoms with Crippen LogP contribution in [0.3, 0.4) is 0 Å². The van der Waals surface area contributed by atoms with Crippen LogP contribution >= 0.6 is 23.3 Å². The van der Waals surface area contributed by atoms with Crippen LogP contribution in [-0.4, -0.2) is 63.5 Å². The summed E-state index contributed by atoms with van der Waals surface area (Å²) in [5.74, 6) is 0.515. The Kier molecular flexibility index (Phi) is 5.61. The highest BCUT2D eigenvalue weighted by atomic mass is 32.2. The predicted molar refractivity (Wildman–Crippen MR) is 122 cm³/mol. The van der Waals surface area contributed by atoms with Gasteiger partial charge in [-0.2, -0.15) is 0 Å². The normalized spacial score (nSPS) is 20.1. The summed E-state index contributed by atoms with van der Waals surface area (Å²) < 4.78 is 36.9. The van der Waals surface area contributed by atoms with E-state index in [-0.39, 0.29) is 16.1 Å². The van der Waals surface area contributed by atoms with Crippen molar-refractivity contribution in [3.05, 3.63) is 23.5 Å². The maximum absolute atomic E-state index is 13.1. The van der Waals surface area contributed by atoms with Crippen molar-refractivity contribution in [2.45, 2.75) is 43.2 Å². The lowest BCUT2D eigenvalue weighted by Crippen LogP contribution is -2.57. The number of imidazole rings is 1. The molecular formula is C20H25F2N7OS2. The molecular weight excluding hydrogens is 456 g/mol. The number of piperazine rings is 1. The van der Waals surface area contributed by atoms with Gasteiger partial charge < -0.3 is 15.0 Å². The van der Waals surface area contributed by atoms with Crippen LogP contribution in [0, 0.1) is 0 Å². The van der Waals surface area contributed by atoms with Gasteiger partial charge in [-0.15, -0.1) is 10.2 Å². The lowest BCUT2D eigenvalue weighted by molar-refractivity contribution is -0.0510. The van der Waals surface area contributed by atoms with E-state index in [1.807, 2.05) is 10.6 Å². The lowest BCUT2D eigenvalue weighted by Gasteiger charge is -2.41. The van der Waals surface area contributed by atoms with E-state index >= 15 is 0 Å². The molecule has 0 saturated carbocycles. The molecule has 0 aliphatic carbocycles. The van der Waals surface area contributed by atoms with E-state index in [9.17, 15) is 8.78 Å². The molecule has 2 saturated heterocycles. The topological polar surface area (TPSA) is 79.6 Å². The average Bonchev–Trinajstić information content (AvgIpc) is 3.36. The molecule has 0 bridgehead atoms. The molecule has 0 aromatic carbocycles. The van der Waals surface area contributed by atoms with Crippen molar-refractivity contribution in [3.63, 3.8) is 0 Å². The molecule has 5 heterocycles. The minimum absolute atomic E-state index is 0.0262. The SMILES string of the molecule is CC1(C)CN(c2cc(SNC3(C)COC3)cn3c(-c4nnc(C(F)F)s4)ncc23)CCN1. The van der Waals surface area contributed by atoms with E-state index in [0.717, 1.165) is 47.1 Å². The summed E-state index contributed by atoms with van der Waals surface area (Å²) in [6, 6.07) is 2.16. The largest absolute Gasteiger partial charge is 0.377 e. The molecule has 3 aromatic rings. The van der Waals surface area contributed by atoms with Crippen LogP contribution in [0.2, 0.25) is 0 Å². The van der Waals surface area contributed by atoms with Crippen molar-refractivity contribution in [2.24, 2.45) is 0 Å². The van der Waals surface area contributed by atoms with Gasteiger partial charge in [0.15, 0.2) is 15.8 Å². The van der Waals surface area contributed by atoms with E-state index in [1.54, 1.807) is 6.20 Å². The molecule has 0 unspecified atom stereocenters. The van der Waals surface area contributed by atoms with Gasteiger partial charge in [-0.05, 0) is 38.8 Å². The highest BCUT2D eigenvalue weighted by molar-refractivity contribution is 7.97. The monoisotopic (exact) mass is 481 g/mol. The molecule has 32 heavy (non-hydrogen) atoms. The summed E-state index contributed by atoms with van der Waals surface area (Å²) in [5.41, 5.74) is 1.87. The number of rotatable bonds is 6. The summed E-state index contributed by atoms with van der Waals surface area (Å²) in [4.78, 5) is 7.88. The highest BCUT2D eigenvalue weighted by Crippen LogP contribution is 2.35. The summed E-state index contributed by atoms with van der Waals surface area (Å²) in [6.07, 6.45) is 1.11. The van der Waals surface area contributed by atoms with E-state index in [1.165, 1.54) is 11.9 Å². The molecule has 172 valence electrons. The number of nitrogens with zero attached hydrogens (tertiary/aromatic N) is 5. The number of aromatic nitrogens is 4. The number of pyridine rings is 1. The molecule has 2 N–H and O–H groups in total. The van der Waals surface area contributed by atoms with Crippen LogP contribution in [0.5, 0.6) is 0 Å². The number of anilines is 1. The molecule has 8 nitrogen and oxygen atoms in total. The number of hydrogen-bond donors (Lipinski definition) is 2. The van der Waals surface area contributed by atoms with Gasteiger partial charge in [0, 0.05) is 36.3 Å². The first-order valence-corrected chi connectivity index (χ1v) is 12.0. The standard InChI is InChI=1S/C20H25F2N7OS2/c1-19(2)9-28(5-4-24-19)13-6-12(32-27-20(3)10-30-11-20)8-29-14(13)7-23-16(29)18-26-25-17(31-18)15(21)22/h6-8,15,24,27H,4-5,9-11H2,1-3H3. The second-order valence-corrected chi connectivity index (χ2v) is 11.0. The van der Waals surface area contributed by atoms with Gasteiger partial charge in [-0.25, -0.2) is 18.5 Å². The first-order chi connectivity index (χ1) is 15.2. The number of hydrogen-bond acceptors (Lipinski definition) is 9. The number of halogens is 2. The molecule has 5 rings (SSSR count). The first-order valence-electron chi connectivity index (χ1n) is 10.4. The molecule has 2 fully saturated rings. The predicted octanol–water partition coefficient (Wildman–Crippen LogP) is 3.36. The fourth-order valence-corrected chi connectivity index (χ4v) is 5.43. The van der Waals surface area contributed by atoms with Crippen LogP contribution in [0.15, 0.2) is 23.4 Å². The van der Waals surface area contributed by atoms with Crippen molar-refractivity contribution in [1.82, 2.24) is 29.6 Å². The summed E-state index contributed by atoms with van der Waals surface area (Å²) in [5, 5.41) is 11.2. The zero-order valence-corrected chi connectivity index (χ0v) is 19.7. The number of fused-ring (bicyclic) bond motifs is 1. The van der Waals surface area contributed by atoms with Crippen LogP contribution in [0.25, 0.3) is 16.3 Å². The lowest BCUT2D eigenvalue weighted by atomic mass is 10.0. The fourth-order valence-electron chi connectivity index (χ4n) is 3.93. The van der Waals surface area contributed by atoms with Gasteiger partial charge in [0.25, 0.3) is 6.43 Å². The van der Waals surface area contributed by atoms with E-state index in [0.29, 0.717) is 24.0 Å². The Bertz CT molecular complexity index is 1130. The molecule has 3 aromatic heterocycles. The Morgan fingerprint density at radius 2 is 2.09 bits per heavy atom. The van der Waals surface area contributed by atoms with Gasteiger partial charge in [-0.1, -0.05) is 11.3 Å². The Hall–Kier alpha value is -1.86. The summed E-state index contributed by atoms with van der Waals surface area (Å²) in [7, 11) is 0. The third-order valence-corrected chi connectivity index (χ3v) is 7.56. The number of nitrogens with one attached hydrogen (secondary N) is 2. The molecule has 2 aliphatic heterocycles. The molecule has 0 radical (unpaired) electrons. The maximum Gasteiger partial charge on any atom is 0.291 e. The zero-order chi connectivity index (χ0) is 22.5. The Labute approximate surface area is 192 Å². The third-order valence-electron chi connectivity index (χ3n) is 5.58. The highest BCUT2D eigenvalue weighted by Gasteiger charge is 2.33. The molecule has 0 atom stereocenters. The number of ether oxygens (including phenoxy) is 1. The van der Waals surface area contributed by atoms with Gasteiger partial charge in [0.05, 0.1) is 36.2 Å². The van der Waals surface area contributed by atoms with Crippen molar-refractivity contribution in [1.29, 1.82) is 0 Å². The Morgan fingerprint density at radius 1 is 1.28 bits per heavy atom. The number of alkyl halides is 2. The van der Waals surface area contributed by atoms with Gasteiger partial charge >= 0.3 is 0 Å². The van der Waals surface area contributed by atoms with Gasteiger partial charge in [0.1, 0.15) is 0 Å². The average molecular weight is 482 g/mol. The van der Waals surface area contributed by atoms with Crippen LogP contribution in [0.1, 0.15) is 32.2 Å². The fraction of sp³-hybridized carbons (Fsp3) is 0.550. The quantitative estimate of drug-likeness (QED) is 0.519. The van der Waals surface area contributed by atoms with Crippen molar-refractivity contribution in [3.8, 4) is 10.8 Å². The maximum atomic E-state index is 13.1. The van der Waals surface area contributed by atoms with Crippen molar-refractivity contribution < 1.29 is 13.5 Å². The third kappa shape index (κ3) is 4.21. The van der Waals surface area contributed by atoms with Crippen molar-refractivity contribution in [2.75, 3.05) is 37.7 Å². The second kappa shape index (κ2) is 8.17.